The van der Waals surface area contributed by atoms with E-state index in [1.54, 1.807) is 25.3 Å². The predicted octanol–water partition coefficient (Wildman–Crippen LogP) is 1.17. The van der Waals surface area contributed by atoms with Crippen LogP contribution in [0.3, 0.4) is 0 Å². The van der Waals surface area contributed by atoms with Gasteiger partial charge in [0.15, 0.2) is 0 Å². The van der Waals surface area contributed by atoms with Crippen molar-refractivity contribution in [2.45, 2.75) is 32.4 Å². The van der Waals surface area contributed by atoms with Crippen LogP contribution in [0.5, 0.6) is 0 Å². The lowest BCUT2D eigenvalue weighted by molar-refractivity contribution is 0.0900. The molecule has 0 aliphatic carbocycles. The van der Waals surface area contributed by atoms with Crippen LogP contribution < -0.4 is 5.32 Å². The van der Waals surface area contributed by atoms with Crippen molar-refractivity contribution in [2.24, 2.45) is 0 Å². The number of pyridine rings is 1. The Bertz CT molecular complexity index is 620. The van der Waals surface area contributed by atoms with Gasteiger partial charge in [-0.1, -0.05) is 6.07 Å². The molecule has 22 heavy (non-hydrogen) atoms. The molecule has 1 aliphatic rings. The smallest absolute Gasteiger partial charge is 0.270 e. The van der Waals surface area contributed by atoms with Crippen LogP contribution in [0.25, 0.3) is 0 Å². The van der Waals surface area contributed by atoms with Gasteiger partial charge in [-0.05, 0) is 25.0 Å². The van der Waals surface area contributed by atoms with E-state index in [1.165, 1.54) is 0 Å². The lowest BCUT2D eigenvalue weighted by Crippen LogP contribution is -2.44. The third kappa shape index (κ3) is 3.67. The van der Waals surface area contributed by atoms with Gasteiger partial charge >= 0.3 is 0 Å². The average molecular weight is 301 g/mol. The number of likely N-dealkylation sites (tertiary alicyclic amines) is 1. The standard InChI is InChI=1S/C15H19N5O2/c1-11-18-19-14(22-11)10-20-8-5-12(6-9-20)17-15(21)13-4-2-3-7-16-13/h2-4,7,12H,5-6,8-10H2,1H3,(H,17,21). The fourth-order valence-electron chi connectivity index (χ4n) is 2.58. The van der Waals surface area contributed by atoms with Crippen molar-refractivity contribution in [1.29, 1.82) is 0 Å². The highest BCUT2D eigenvalue weighted by molar-refractivity contribution is 5.92. The number of nitrogens with one attached hydrogen (secondary N) is 1. The summed E-state index contributed by atoms with van der Waals surface area (Å²) in [4.78, 5) is 18.4. The molecule has 1 saturated heterocycles. The summed E-state index contributed by atoms with van der Waals surface area (Å²) in [5.41, 5.74) is 0.464. The van der Waals surface area contributed by atoms with Gasteiger partial charge in [0.1, 0.15) is 5.69 Å². The molecule has 0 spiro atoms. The minimum atomic E-state index is -0.105. The number of aryl methyl sites for hydroxylation is 1. The summed E-state index contributed by atoms with van der Waals surface area (Å²) in [6.07, 6.45) is 3.45. The molecule has 3 rings (SSSR count). The van der Waals surface area contributed by atoms with Gasteiger partial charge in [-0.3, -0.25) is 14.7 Å². The van der Waals surface area contributed by atoms with Crippen LogP contribution in [0.15, 0.2) is 28.8 Å². The van der Waals surface area contributed by atoms with E-state index >= 15 is 0 Å². The van der Waals surface area contributed by atoms with Gasteiger partial charge in [0, 0.05) is 32.3 Å². The van der Waals surface area contributed by atoms with E-state index in [1.807, 2.05) is 6.07 Å². The van der Waals surface area contributed by atoms with Crippen molar-refractivity contribution in [3.8, 4) is 0 Å². The Labute approximate surface area is 128 Å². The van der Waals surface area contributed by atoms with E-state index in [2.05, 4.69) is 25.4 Å². The molecule has 1 amide bonds. The number of hydrogen-bond donors (Lipinski definition) is 1. The maximum absolute atomic E-state index is 12.1. The highest BCUT2D eigenvalue weighted by atomic mass is 16.4. The first kappa shape index (κ1) is 14.6. The predicted molar refractivity (Wildman–Crippen MR) is 79.0 cm³/mol. The van der Waals surface area contributed by atoms with Crippen molar-refractivity contribution in [2.75, 3.05) is 13.1 Å². The van der Waals surface area contributed by atoms with Crippen LogP contribution in [0, 0.1) is 6.92 Å². The van der Waals surface area contributed by atoms with Crippen molar-refractivity contribution in [3.05, 3.63) is 41.9 Å². The molecule has 0 unspecified atom stereocenters. The van der Waals surface area contributed by atoms with Gasteiger partial charge in [0.05, 0.1) is 6.54 Å². The first-order valence-electron chi connectivity index (χ1n) is 7.44. The van der Waals surface area contributed by atoms with Crippen molar-refractivity contribution in [1.82, 2.24) is 25.4 Å². The number of nitrogens with zero attached hydrogens (tertiary/aromatic N) is 4. The second-order valence-corrected chi connectivity index (χ2v) is 5.45. The molecule has 0 saturated carbocycles. The van der Waals surface area contributed by atoms with Gasteiger partial charge < -0.3 is 9.73 Å². The molecular formula is C15H19N5O2. The number of rotatable bonds is 4. The van der Waals surface area contributed by atoms with Gasteiger partial charge in [0.25, 0.3) is 5.91 Å². The summed E-state index contributed by atoms with van der Waals surface area (Å²) in [5.74, 6) is 1.13. The SMILES string of the molecule is Cc1nnc(CN2CCC(NC(=O)c3ccccn3)CC2)o1. The maximum Gasteiger partial charge on any atom is 0.270 e. The summed E-state index contributed by atoms with van der Waals surface area (Å²) in [6.45, 7) is 4.25. The van der Waals surface area contributed by atoms with E-state index in [4.69, 9.17) is 4.42 Å². The number of carbonyl (C=O) groups is 1. The molecule has 3 heterocycles. The lowest BCUT2D eigenvalue weighted by Gasteiger charge is -2.31. The Kier molecular flexibility index (Phi) is 4.43. The molecule has 2 aromatic rings. The fraction of sp³-hybridized carbons (Fsp3) is 0.467. The van der Waals surface area contributed by atoms with E-state index in [0.29, 0.717) is 24.0 Å². The molecule has 1 N–H and O–H groups in total. The number of amides is 1. The van der Waals surface area contributed by atoms with Gasteiger partial charge in [-0.25, -0.2) is 0 Å². The van der Waals surface area contributed by atoms with Crippen molar-refractivity contribution < 1.29 is 9.21 Å². The number of carbonyl (C=O) groups excluding carboxylic acids is 1. The molecule has 7 heteroatoms. The molecule has 1 aliphatic heterocycles. The van der Waals surface area contributed by atoms with Crippen LogP contribution in [0.2, 0.25) is 0 Å². The quantitative estimate of drug-likeness (QED) is 0.912. The summed E-state index contributed by atoms with van der Waals surface area (Å²) >= 11 is 0. The van der Waals surface area contributed by atoms with Gasteiger partial charge in [-0.15, -0.1) is 10.2 Å². The summed E-state index contributed by atoms with van der Waals surface area (Å²) < 4.78 is 5.39. The molecule has 0 aromatic carbocycles. The summed E-state index contributed by atoms with van der Waals surface area (Å²) in [5, 5.41) is 10.9. The average Bonchev–Trinajstić information content (AvgIpc) is 2.95. The van der Waals surface area contributed by atoms with Gasteiger partial charge in [0.2, 0.25) is 11.8 Å². The number of piperidine rings is 1. The zero-order chi connectivity index (χ0) is 15.4. The van der Waals surface area contributed by atoms with Crippen LogP contribution in [-0.4, -0.2) is 45.1 Å². The third-order valence-corrected chi connectivity index (χ3v) is 3.75. The summed E-state index contributed by atoms with van der Waals surface area (Å²) in [6, 6.07) is 5.53. The Morgan fingerprint density at radius 1 is 1.36 bits per heavy atom. The van der Waals surface area contributed by atoms with Crippen LogP contribution in [-0.2, 0) is 6.54 Å². The molecular weight excluding hydrogens is 282 g/mol. The second kappa shape index (κ2) is 6.65. The Morgan fingerprint density at radius 3 is 2.82 bits per heavy atom. The molecule has 2 aromatic heterocycles. The second-order valence-electron chi connectivity index (χ2n) is 5.45. The number of aromatic nitrogens is 3. The van der Waals surface area contributed by atoms with Crippen LogP contribution >= 0.6 is 0 Å². The minimum absolute atomic E-state index is 0.105. The molecule has 116 valence electrons. The lowest BCUT2D eigenvalue weighted by atomic mass is 10.0. The zero-order valence-corrected chi connectivity index (χ0v) is 12.5. The molecule has 0 bridgehead atoms. The third-order valence-electron chi connectivity index (χ3n) is 3.75. The first-order valence-corrected chi connectivity index (χ1v) is 7.44. The maximum atomic E-state index is 12.1. The van der Waals surface area contributed by atoms with Crippen molar-refractivity contribution >= 4 is 5.91 Å². The van der Waals surface area contributed by atoms with Crippen LogP contribution in [0.4, 0.5) is 0 Å². The molecule has 0 radical (unpaired) electrons. The Morgan fingerprint density at radius 2 is 2.18 bits per heavy atom. The molecule has 7 nitrogen and oxygen atoms in total. The normalized spacial score (nSPS) is 16.6. The van der Waals surface area contributed by atoms with Crippen LogP contribution in [0.1, 0.15) is 35.1 Å². The van der Waals surface area contributed by atoms with E-state index in [-0.39, 0.29) is 11.9 Å². The van der Waals surface area contributed by atoms with Crippen molar-refractivity contribution in [3.63, 3.8) is 0 Å². The monoisotopic (exact) mass is 301 g/mol. The van der Waals surface area contributed by atoms with E-state index < -0.39 is 0 Å². The van der Waals surface area contributed by atoms with E-state index in [9.17, 15) is 4.79 Å². The Balaban J connectivity index is 1.46. The number of hydrogen-bond acceptors (Lipinski definition) is 6. The first-order chi connectivity index (χ1) is 10.7. The largest absolute Gasteiger partial charge is 0.424 e. The fourth-order valence-corrected chi connectivity index (χ4v) is 2.58. The molecule has 1 fully saturated rings. The highest BCUT2D eigenvalue weighted by Gasteiger charge is 2.22. The molecule has 0 atom stereocenters. The summed E-state index contributed by atoms with van der Waals surface area (Å²) in [7, 11) is 0. The Hall–Kier alpha value is -2.28. The topological polar surface area (TPSA) is 84.2 Å². The highest BCUT2D eigenvalue weighted by Crippen LogP contribution is 2.13. The van der Waals surface area contributed by atoms with Gasteiger partial charge in [-0.2, -0.15) is 0 Å². The zero-order valence-electron chi connectivity index (χ0n) is 12.5. The van der Waals surface area contributed by atoms with E-state index in [0.717, 1.165) is 25.9 Å². The minimum Gasteiger partial charge on any atom is -0.424 e.